The monoisotopic (exact) mass is 311 g/mol. The van der Waals surface area contributed by atoms with E-state index in [1.807, 2.05) is 18.4 Å². The molecule has 0 spiro atoms. The highest BCUT2D eigenvalue weighted by atomic mass is 32.1. The fourth-order valence-electron chi connectivity index (χ4n) is 3.16. The van der Waals surface area contributed by atoms with E-state index in [1.54, 1.807) is 0 Å². The molecule has 0 aliphatic carbocycles. The first kappa shape index (κ1) is 16.7. The molecule has 0 atom stereocenters. The summed E-state index contributed by atoms with van der Waals surface area (Å²) in [7, 11) is 2.00. The van der Waals surface area contributed by atoms with Crippen LogP contribution in [0.25, 0.3) is 0 Å². The van der Waals surface area contributed by atoms with E-state index in [0.29, 0.717) is 0 Å². The summed E-state index contributed by atoms with van der Waals surface area (Å²) < 4.78 is 6.17. The molecule has 1 N–H and O–H groups in total. The number of nitrogens with one attached hydrogen (secondary N) is 1. The van der Waals surface area contributed by atoms with Crippen molar-refractivity contribution in [3.63, 3.8) is 0 Å². The highest BCUT2D eigenvalue weighted by molar-refractivity contribution is 7.15. The summed E-state index contributed by atoms with van der Waals surface area (Å²) in [5.74, 6) is 0. The minimum absolute atomic E-state index is 0.137. The van der Waals surface area contributed by atoms with Crippen LogP contribution in [-0.4, -0.2) is 36.3 Å². The molecule has 1 aliphatic rings. The van der Waals surface area contributed by atoms with Gasteiger partial charge in [0.15, 0.2) is 5.13 Å². The molecule has 0 bridgehead atoms. The van der Waals surface area contributed by atoms with Gasteiger partial charge in [0.25, 0.3) is 0 Å². The van der Waals surface area contributed by atoms with Crippen LogP contribution in [0.5, 0.6) is 0 Å². The van der Waals surface area contributed by atoms with Gasteiger partial charge in [-0.15, -0.1) is 11.3 Å². The molecule has 0 saturated carbocycles. The fraction of sp³-hybridized carbons (Fsp3) is 0.812. The standard InChI is InChI=1S/C16H29N3OS/c1-7-8-12-13(9-17-6)21-14(18-12)19-10-15(2,3)20-16(4,5)11-19/h17H,7-11H2,1-6H3. The first-order chi connectivity index (χ1) is 9.76. The van der Waals surface area contributed by atoms with Gasteiger partial charge in [0.05, 0.1) is 16.9 Å². The lowest BCUT2D eigenvalue weighted by atomic mass is 9.99. The predicted octanol–water partition coefficient (Wildman–Crippen LogP) is 3.21. The number of rotatable bonds is 5. The number of anilines is 1. The fourth-order valence-corrected chi connectivity index (χ4v) is 4.28. The topological polar surface area (TPSA) is 37.4 Å². The van der Waals surface area contributed by atoms with Gasteiger partial charge in [-0.25, -0.2) is 4.98 Å². The average Bonchev–Trinajstić information content (AvgIpc) is 2.70. The van der Waals surface area contributed by atoms with Crippen LogP contribution in [0, 0.1) is 0 Å². The van der Waals surface area contributed by atoms with Crippen LogP contribution in [0.1, 0.15) is 51.6 Å². The van der Waals surface area contributed by atoms with Crippen molar-refractivity contribution >= 4 is 16.5 Å². The third-order valence-corrected chi connectivity index (χ3v) is 4.72. The molecule has 1 saturated heterocycles. The Morgan fingerprint density at radius 2 is 1.86 bits per heavy atom. The van der Waals surface area contributed by atoms with Crippen molar-refractivity contribution in [1.82, 2.24) is 10.3 Å². The molecule has 1 aromatic heterocycles. The number of nitrogens with zero attached hydrogens (tertiary/aromatic N) is 2. The molecular formula is C16H29N3OS. The largest absolute Gasteiger partial charge is 0.366 e. The van der Waals surface area contributed by atoms with Gasteiger partial charge < -0.3 is 15.0 Å². The van der Waals surface area contributed by atoms with Crippen LogP contribution in [0.4, 0.5) is 5.13 Å². The van der Waals surface area contributed by atoms with Gasteiger partial charge in [-0.05, 0) is 41.2 Å². The number of morpholine rings is 1. The van der Waals surface area contributed by atoms with Crippen LogP contribution >= 0.6 is 11.3 Å². The smallest absolute Gasteiger partial charge is 0.186 e. The Kier molecular flexibility index (Phi) is 4.96. The second kappa shape index (κ2) is 6.23. The Balaban J connectivity index is 2.26. The van der Waals surface area contributed by atoms with Crippen molar-refractivity contribution in [2.45, 2.75) is 65.2 Å². The van der Waals surface area contributed by atoms with Gasteiger partial charge in [0, 0.05) is 24.5 Å². The number of aromatic nitrogens is 1. The van der Waals surface area contributed by atoms with E-state index in [1.165, 1.54) is 10.6 Å². The lowest BCUT2D eigenvalue weighted by Gasteiger charge is -2.47. The van der Waals surface area contributed by atoms with Gasteiger partial charge in [-0.3, -0.25) is 0 Å². The van der Waals surface area contributed by atoms with Crippen LogP contribution in [-0.2, 0) is 17.7 Å². The van der Waals surface area contributed by atoms with Crippen molar-refractivity contribution in [1.29, 1.82) is 0 Å². The van der Waals surface area contributed by atoms with Crippen LogP contribution in [0.15, 0.2) is 0 Å². The lowest BCUT2D eigenvalue weighted by Crippen LogP contribution is -2.57. The maximum atomic E-state index is 6.17. The van der Waals surface area contributed by atoms with Crippen molar-refractivity contribution in [2.75, 3.05) is 25.0 Å². The SMILES string of the molecule is CCCc1nc(N2CC(C)(C)OC(C)(C)C2)sc1CNC. The predicted molar refractivity (Wildman–Crippen MR) is 90.3 cm³/mol. The van der Waals surface area contributed by atoms with Crippen LogP contribution < -0.4 is 10.2 Å². The highest BCUT2D eigenvalue weighted by Gasteiger charge is 2.39. The third kappa shape index (κ3) is 4.18. The number of aryl methyl sites for hydroxylation is 1. The summed E-state index contributed by atoms with van der Waals surface area (Å²) in [4.78, 5) is 8.69. The Morgan fingerprint density at radius 3 is 2.38 bits per heavy atom. The molecule has 120 valence electrons. The molecule has 1 aromatic rings. The summed E-state index contributed by atoms with van der Waals surface area (Å²) in [6, 6.07) is 0. The van der Waals surface area contributed by atoms with Crippen molar-refractivity contribution in [3.05, 3.63) is 10.6 Å². The minimum atomic E-state index is -0.137. The molecule has 0 amide bonds. The molecule has 2 rings (SSSR count). The number of thiazole rings is 1. The molecular weight excluding hydrogens is 282 g/mol. The molecule has 5 heteroatoms. The number of hydrogen-bond donors (Lipinski definition) is 1. The van der Waals surface area contributed by atoms with Gasteiger partial charge in [-0.1, -0.05) is 13.3 Å². The maximum absolute atomic E-state index is 6.17. The van der Waals surface area contributed by atoms with E-state index in [9.17, 15) is 0 Å². The maximum Gasteiger partial charge on any atom is 0.186 e. The lowest BCUT2D eigenvalue weighted by molar-refractivity contribution is -0.133. The van der Waals surface area contributed by atoms with Gasteiger partial charge in [-0.2, -0.15) is 0 Å². The molecule has 0 radical (unpaired) electrons. The summed E-state index contributed by atoms with van der Waals surface area (Å²) in [5, 5.41) is 4.41. The zero-order valence-corrected chi connectivity index (χ0v) is 15.1. The second-order valence-corrected chi connectivity index (χ2v) is 8.19. The van der Waals surface area contributed by atoms with E-state index in [2.05, 4.69) is 44.8 Å². The summed E-state index contributed by atoms with van der Waals surface area (Å²) >= 11 is 1.83. The van der Waals surface area contributed by atoms with Crippen LogP contribution in [0.2, 0.25) is 0 Å². The molecule has 21 heavy (non-hydrogen) atoms. The summed E-state index contributed by atoms with van der Waals surface area (Å²) in [6.45, 7) is 13.6. The van der Waals surface area contributed by atoms with E-state index >= 15 is 0 Å². The second-order valence-electron chi connectivity index (χ2n) is 7.12. The van der Waals surface area contributed by atoms with Crippen LogP contribution in [0.3, 0.4) is 0 Å². The quantitative estimate of drug-likeness (QED) is 0.906. The Morgan fingerprint density at radius 1 is 1.24 bits per heavy atom. The minimum Gasteiger partial charge on any atom is -0.366 e. The van der Waals surface area contributed by atoms with Gasteiger partial charge in [0.1, 0.15) is 0 Å². The van der Waals surface area contributed by atoms with E-state index in [0.717, 1.165) is 37.6 Å². The van der Waals surface area contributed by atoms with E-state index in [-0.39, 0.29) is 11.2 Å². The van der Waals surface area contributed by atoms with Crippen molar-refractivity contribution < 1.29 is 4.74 Å². The Bertz CT molecular complexity index is 442. The zero-order valence-electron chi connectivity index (χ0n) is 14.2. The van der Waals surface area contributed by atoms with Crippen molar-refractivity contribution in [2.24, 2.45) is 0 Å². The summed E-state index contributed by atoms with van der Waals surface area (Å²) in [6.07, 6.45) is 2.20. The molecule has 2 heterocycles. The normalized spacial score (nSPS) is 20.8. The average molecular weight is 311 g/mol. The van der Waals surface area contributed by atoms with E-state index < -0.39 is 0 Å². The molecule has 1 fully saturated rings. The van der Waals surface area contributed by atoms with E-state index in [4.69, 9.17) is 9.72 Å². The molecule has 4 nitrogen and oxygen atoms in total. The zero-order chi connectivity index (χ0) is 15.7. The molecule has 0 aromatic carbocycles. The number of hydrogen-bond acceptors (Lipinski definition) is 5. The number of ether oxygens (including phenoxy) is 1. The first-order valence-corrected chi connectivity index (χ1v) is 8.66. The summed E-state index contributed by atoms with van der Waals surface area (Å²) in [5.41, 5.74) is 0.984. The first-order valence-electron chi connectivity index (χ1n) is 7.84. The van der Waals surface area contributed by atoms with Gasteiger partial charge >= 0.3 is 0 Å². The molecule has 1 aliphatic heterocycles. The van der Waals surface area contributed by atoms with Gasteiger partial charge in [0.2, 0.25) is 0 Å². The Hall–Kier alpha value is -0.650. The molecule has 0 unspecified atom stereocenters. The Labute approximate surface area is 132 Å². The third-order valence-electron chi connectivity index (χ3n) is 3.56. The van der Waals surface area contributed by atoms with Crippen molar-refractivity contribution in [3.8, 4) is 0 Å². The highest BCUT2D eigenvalue weighted by Crippen LogP contribution is 2.34.